The van der Waals surface area contributed by atoms with E-state index < -0.39 is 0 Å². The number of fused-ring (bicyclic) bond motifs is 3. The van der Waals surface area contributed by atoms with Gasteiger partial charge in [-0.15, -0.1) is 0 Å². The summed E-state index contributed by atoms with van der Waals surface area (Å²) < 4.78 is 26.3. The molecule has 3 aromatic rings. The first-order valence-corrected chi connectivity index (χ1v) is 5.30. The van der Waals surface area contributed by atoms with Crippen molar-refractivity contribution in [2.24, 2.45) is 0 Å². The molecular weight excluding hydrogens is 220 g/mol. The molecule has 0 N–H and O–H groups in total. The van der Waals surface area contributed by atoms with E-state index in [0.29, 0.717) is 11.2 Å². The van der Waals surface area contributed by atoms with Gasteiger partial charge in [-0.05, 0) is 36.6 Å². The van der Waals surface area contributed by atoms with Gasteiger partial charge in [-0.3, -0.25) is 4.98 Å². The van der Waals surface area contributed by atoms with Crippen LogP contribution in [0.5, 0.6) is 0 Å². The minimum atomic E-state index is -0.314. The molecule has 1 nitrogen and oxygen atoms in total. The highest BCUT2D eigenvalue weighted by atomic mass is 19.1. The third kappa shape index (κ3) is 1.55. The Morgan fingerprint density at radius 2 is 1.47 bits per heavy atom. The normalized spacial score (nSPS) is 11.2. The number of rotatable bonds is 0. The number of aryl methyl sites for hydroxylation is 1. The zero-order chi connectivity index (χ0) is 12.0. The number of pyridine rings is 1. The molecule has 0 spiro atoms. The van der Waals surface area contributed by atoms with E-state index in [9.17, 15) is 8.78 Å². The maximum atomic E-state index is 13.2. The standard InChI is InChI=1S/C14H9F2N/c1-8-13-6-9(15)2-4-11(13)12-5-3-10(16)7-14(12)17-8/h2-7H,1H3. The first-order valence-electron chi connectivity index (χ1n) is 5.30. The van der Waals surface area contributed by atoms with Gasteiger partial charge in [-0.1, -0.05) is 6.07 Å². The number of aromatic nitrogens is 1. The second kappa shape index (κ2) is 3.48. The largest absolute Gasteiger partial charge is 0.252 e. The highest BCUT2D eigenvalue weighted by Gasteiger charge is 2.07. The molecule has 17 heavy (non-hydrogen) atoms. The Labute approximate surface area is 96.7 Å². The highest BCUT2D eigenvalue weighted by molar-refractivity contribution is 6.06. The van der Waals surface area contributed by atoms with Crippen molar-refractivity contribution in [3.63, 3.8) is 0 Å². The van der Waals surface area contributed by atoms with Gasteiger partial charge in [0, 0.05) is 22.5 Å². The molecule has 0 fully saturated rings. The summed E-state index contributed by atoms with van der Waals surface area (Å²) in [6.45, 7) is 1.80. The van der Waals surface area contributed by atoms with Crippen molar-refractivity contribution >= 4 is 21.7 Å². The molecule has 1 heterocycles. The lowest BCUT2D eigenvalue weighted by molar-refractivity contribution is 0.628. The molecule has 0 aliphatic rings. The van der Waals surface area contributed by atoms with Gasteiger partial charge in [0.2, 0.25) is 0 Å². The second-order valence-corrected chi connectivity index (χ2v) is 4.05. The monoisotopic (exact) mass is 229 g/mol. The van der Waals surface area contributed by atoms with Crippen LogP contribution in [0.15, 0.2) is 36.4 Å². The molecule has 0 aliphatic carbocycles. The quantitative estimate of drug-likeness (QED) is 0.531. The molecule has 0 bridgehead atoms. The van der Waals surface area contributed by atoms with E-state index in [0.717, 1.165) is 16.2 Å². The topological polar surface area (TPSA) is 12.9 Å². The van der Waals surface area contributed by atoms with Gasteiger partial charge in [0.15, 0.2) is 0 Å². The van der Waals surface area contributed by atoms with Gasteiger partial charge in [-0.25, -0.2) is 8.78 Å². The van der Waals surface area contributed by atoms with E-state index in [-0.39, 0.29) is 11.6 Å². The van der Waals surface area contributed by atoms with Crippen LogP contribution in [0.2, 0.25) is 0 Å². The number of halogens is 2. The molecular formula is C14H9F2N. The Morgan fingerprint density at radius 3 is 2.24 bits per heavy atom. The van der Waals surface area contributed by atoms with Crippen molar-refractivity contribution in [2.75, 3.05) is 0 Å². The van der Waals surface area contributed by atoms with Gasteiger partial charge in [0.25, 0.3) is 0 Å². The zero-order valence-corrected chi connectivity index (χ0v) is 9.17. The van der Waals surface area contributed by atoms with Crippen molar-refractivity contribution in [1.29, 1.82) is 0 Å². The molecule has 0 unspecified atom stereocenters. The molecule has 2 aromatic carbocycles. The fraction of sp³-hybridized carbons (Fsp3) is 0.0714. The van der Waals surface area contributed by atoms with Crippen LogP contribution in [0.25, 0.3) is 21.7 Å². The van der Waals surface area contributed by atoms with Gasteiger partial charge >= 0.3 is 0 Å². The van der Waals surface area contributed by atoms with Crippen molar-refractivity contribution in [3.05, 3.63) is 53.7 Å². The third-order valence-corrected chi connectivity index (χ3v) is 2.91. The Bertz CT molecular complexity index is 735. The molecule has 3 heteroatoms. The summed E-state index contributed by atoms with van der Waals surface area (Å²) in [6.07, 6.45) is 0. The molecule has 0 saturated carbocycles. The van der Waals surface area contributed by atoms with Crippen molar-refractivity contribution in [2.45, 2.75) is 6.92 Å². The van der Waals surface area contributed by atoms with Crippen LogP contribution in [0.3, 0.4) is 0 Å². The SMILES string of the molecule is Cc1nc2cc(F)ccc2c2ccc(F)cc12. The number of benzene rings is 2. The van der Waals surface area contributed by atoms with Gasteiger partial charge < -0.3 is 0 Å². The van der Waals surface area contributed by atoms with Gasteiger partial charge in [0.1, 0.15) is 11.6 Å². The van der Waals surface area contributed by atoms with E-state index in [4.69, 9.17) is 0 Å². The Hall–Kier alpha value is -2.03. The highest BCUT2D eigenvalue weighted by Crippen LogP contribution is 2.27. The van der Waals surface area contributed by atoms with Crippen LogP contribution in [0.4, 0.5) is 8.78 Å². The maximum absolute atomic E-state index is 13.2. The summed E-state index contributed by atoms with van der Waals surface area (Å²) in [4.78, 5) is 4.30. The predicted octanol–water partition coefficient (Wildman–Crippen LogP) is 3.97. The summed E-state index contributed by atoms with van der Waals surface area (Å²) in [5, 5.41) is 2.50. The van der Waals surface area contributed by atoms with Crippen molar-refractivity contribution < 1.29 is 8.78 Å². The van der Waals surface area contributed by atoms with Crippen molar-refractivity contribution in [3.8, 4) is 0 Å². The minimum absolute atomic E-state index is 0.288. The maximum Gasteiger partial charge on any atom is 0.125 e. The molecule has 1 aromatic heterocycles. The lowest BCUT2D eigenvalue weighted by Gasteiger charge is -2.06. The lowest BCUT2D eigenvalue weighted by Crippen LogP contribution is -1.89. The van der Waals surface area contributed by atoms with Crippen LogP contribution < -0.4 is 0 Å². The minimum Gasteiger partial charge on any atom is -0.252 e. The summed E-state index contributed by atoms with van der Waals surface area (Å²) in [5.41, 5.74) is 1.30. The van der Waals surface area contributed by atoms with Gasteiger partial charge in [-0.2, -0.15) is 0 Å². The van der Waals surface area contributed by atoms with Crippen LogP contribution in [0.1, 0.15) is 5.69 Å². The molecule has 84 valence electrons. The van der Waals surface area contributed by atoms with Gasteiger partial charge in [0.05, 0.1) is 5.52 Å². The first kappa shape index (κ1) is 10.1. The van der Waals surface area contributed by atoms with Crippen LogP contribution in [-0.4, -0.2) is 4.98 Å². The Kier molecular flexibility index (Phi) is 2.08. The smallest absolute Gasteiger partial charge is 0.125 e. The van der Waals surface area contributed by atoms with E-state index in [1.165, 1.54) is 24.3 Å². The first-order chi connectivity index (χ1) is 8.15. The molecule has 0 saturated heterocycles. The number of nitrogens with zero attached hydrogens (tertiary/aromatic N) is 1. The number of hydrogen-bond acceptors (Lipinski definition) is 1. The van der Waals surface area contributed by atoms with E-state index in [1.807, 2.05) is 0 Å². The summed E-state index contributed by atoms with van der Waals surface area (Å²) in [7, 11) is 0. The fourth-order valence-electron chi connectivity index (χ4n) is 2.12. The average molecular weight is 229 g/mol. The molecule has 3 rings (SSSR count). The van der Waals surface area contributed by atoms with E-state index in [2.05, 4.69) is 4.98 Å². The summed E-state index contributed by atoms with van der Waals surface area (Å²) in [5.74, 6) is -0.602. The molecule has 0 aliphatic heterocycles. The molecule has 0 amide bonds. The summed E-state index contributed by atoms with van der Waals surface area (Å²) in [6, 6.07) is 9.04. The van der Waals surface area contributed by atoms with Crippen LogP contribution >= 0.6 is 0 Å². The lowest BCUT2D eigenvalue weighted by atomic mass is 10.0. The van der Waals surface area contributed by atoms with Crippen LogP contribution in [0, 0.1) is 18.6 Å². The Balaban J connectivity index is 2.55. The molecule has 0 radical (unpaired) electrons. The zero-order valence-electron chi connectivity index (χ0n) is 9.17. The second-order valence-electron chi connectivity index (χ2n) is 4.05. The third-order valence-electron chi connectivity index (χ3n) is 2.91. The fourth-order valence-corrected chi connectivity index (χ4v) is 2.12. The van der Waals surface area contributed by atoms with E-state index >= 15 is 0 Å². The van der Waals surface area contributed by atoms with E-state index in [1.54, 1.807) is 19.1 Å². The molecule has 0 atom stereocenters. The van der Waals surface area contributed by atoms with Crippen LogP contribution in [-0.2, 0) is 0 Å². The van der Waals surface area contributed by atoms with Crippen molar-refractivity contribution in [1.82, 2.24) is 4.98 Å². The predicted molar refractivity (Wildman–Crippen MR) is 63.9 cm³/mol. The average Bonchev–Trinajstić information content (AvgIpc) is 2.29. The Morgan fingerprint density at radius 1 is 0.824 bits per heavy atom. The number of hydrogen-bond donors (Lipinski definition) is 0. The summed E-state index contributed by atoms with van der Waals surface area (Å²) >= 11 is 0.